The largest absolute Gasteiger partial charge is 0.390 e. The Morgan fingerprint density at radius 3 is 2.61 bits per heavy atom. The van der Waals surface area contributed by atoms with Gasteiger partial charge in [0.1, 0.15) is 11.6 Å². The molecule has 0 amide bonds. The molecule has 3 atom stereocenters. The van der Waals surface area contributed by atoms with Crippen molar-refractivity contribution in [1.82, 2.24) is 19.0 Å². The van der Waals surface area contributed by atoms with E-state index < -0.39 is 11.8 Å². The highest BCUT2D eigenvalue weighted by Gasteiger charge is 2.41. The van der Waals surface area contributed by atoms with Gasteiger partial charge in [-0.05, 0) is 68.9 Å². The number of halogens is 1. The van der Waals surface area contributed by atoms with Gasteiger partial charge >= 0.3 is 11.4 Å². The van der Waals surface area contributed by atoms with E-state index in [0.717, 1.165) is 61.5 Å². The summed E-state index contributed by atoms with van der Waals surface area (Å²) in [5, 5.41) is 10.8. The Labute approximate surface area is 192 Å². The van der Waals surface area contributed by atoms with E-state index in [2.05, 4.69) is 9.88 Å². The Balaban J connectivity index is 1.19. The van der Waals surface area contributed by atoms with Crippen LogP contribution in [0.15, 0.2) is 33.9 Å². The van der Waals surface area contributed by atoms with Gasteiger partial charge in [-0.1, -0.05) is 18.2 Å². The molecule has 3 unspecified atom stereocenters. The van der Waals surface area contributed by atoms with E-state index in [1.807, 2.05) is 12.1 Å². The first-order chi connectivity index (χ1) is 16.0. The van der Waals surface area contributed by atoms with Gasteiger partial charge in [0, 0.05) is 31.6 Å². The van der Waals surface area contributed by atoms with Crippen molar-refractivity contribution in [2.45, 2.75) is 89.1 Å². The fourth-order valence-corrected chi connectivity index (χ4v) is 6.19. The van der Waals surface area contributed by atoms with E-state index in [1.165, 1.54) is 6.07 Å². The van der Waals surface area contributed by atoms with Crippen molar-refractivity contribution in [3.63, 3.8) is 0 Å². The van der Waals surface area contributed by atoms with Crippen LogP contribution >= 0.6 is 0 Å². The molecule has 5 rings (SSSR count). The van der Waals surface area contributed by atoms with Gasteiger partial charge in [0.2, 0.25) is 0 Å². The first-order valence-electron chi connectivity index (χ1n) is 12.4. The second-order valence-corrected chi connectivity index (χ2v) is 10.0. The summed E-state index contributed by atoms with van der Waals surface area (Å²) in [4.78, 5) is 31.7. The molecule has 0 aliphatic carbocycles. The van der Waals surface area contributed by atoms with Crippen molar-refractivity contribution in [2.75, 3.05) is 6.54 Å². The van der Waals surface area contributed by atoms with Crippen molar-refractivity contribution < 1.29 is 9.50 Å². The molecule has 33 heavy (non-hydrogen) atoms. The third-order valence-electron chi connectivity index (χ3n) is 7.84. The maximum absolute atomic E-state index is 14.0. The molecule has 2 bridgehead atoms. The lowest BCUT2D eigenvalue weighted by molar-refractivity contribution is 0.0355. The van der Waals surface area contributed by atoms with Crippen molar-refractivity contribution in [1.29, 1.82) is 0 Å². The molecule has 2 fully saturated rings. The molecule has 1 aromatic heterocycles. The van der Waals surface area contributed by atoms with Crippen molar-refractivity contribution >= 4 is 0 Å². The van der Waals surface area contributed by atoms with Gasteiger partial charge in [-0.3, -0.25) is 9.47 Å². The minimum absolute atomic E-state index is 0.0163. The van der Waals surface area contributed by atoms with Gasteiger partial charge in [0.05, 0.1) is 12.6 Å². The highest BCUT2D eigenvalue weighted by molar-refractivity contribution is 5.17. The Bertz CT molecular complexity index is 1100. The zero-order valence-corrected chi connectivity index (χ0v) is 19.0. The van der Waals surface area contributed by atoms with E-state index >= 15 is 0 Å². The van der Waals surface area contributed by atoms with Crippen molar-refractivity contribution in [2.24, 2.45) is 5.92 Å². The maximum Gasteiger partial charge on any atom is 0.353 e. The number of benzene rings is 1. The van der Waals surface area contributed by atoms with Crippen LogP contribution in [0.3, 0.4) is 0 Å². The average molecular weight is 457 g/mol. The molecule has 1 N–H and O–H groups in total. The molecule has 7 nitrogen and oxygen atoms in total. The summed E-state index contributed by atoms with van der Waals surface area (Å²) in [7, 11) is 0. The van der Waals surface area contributed by atoms with Crippen LogP contribution in [0.25, 0.3) is 0 Å². The number of aryl methyl sites for hydroxylation is 2. The lowest BCUT2D eigenvalue weighted by atomic mass is 9.86. The van der Waals surface area contributed by atoms with Crippen LogP contribution in [0, 0.1) is 11.7 Å². The third-order valence-corrected chi connectivity index (χ3v) is 7.84. The fraction of sp³-hybridized carbons (Fsp3) is 0.640. The first-order valence-corrected chi connectivity index (χ1v) is 12.4. The molecular formula is C25H33FN4O3. The molecule has 2 aromatic rings. The second-order valence-electron chi connectivity index (χ2n) is 10.0. The van der Waals surface area contributed by atoms with E-state index in [9.17, 15) is 19.1 Å². The second kappa shape index (κ2) is 9.50. The molecule has 4 heterocycles. The average Bonchev–Trinajstić information content (AvgIpc) is 3.03. The number of aliphatic hydroxyl groups excluding tert-OH is 1. The Kier molecular flexibility index (Phi) is 6.47. The predicted molar refractivity (Wildman–Crippen MR) is 123 cm³/mol. The molecule has 2 saturated heterocycles. The SMILES string of the molecule is O=c1nc2n(c(=O)n1CC(O)CN1C3CCC1CC(CCc1ccccc1F)C3)CCCC2. The summed E-state index contributed by atoms with van der Waals surface area (Å²) >= 11 is 0. The lowest BCUT2D eigenvalue weighted by Crippen LogP contribution is -2.50. The first kappa shape index (κ1) is 22.5. The number of piperidine rings is 1. The molecule has 8 heteroatoms. The quantitative estimate of drug-likeness (QED) is 0.690. The van der Waals surface area contributed by atoms with Crippen LogP contribution < -0.4 is 11.4 Å². The summed E-state index contributed by atoms with van der Waals surface area (Å²) < 4.78 is 16.6. The third kappa shape index (κ3) is 4.68. The lowest BCUT2D eigenvalue weighted by Gasteiger charge is -2.40. The molecule has 0 radical (unpaired) electrons. The van der Waals surface area contributed by atoms with Crippen molar-refractivity contribution in [3.8, 4) is 0 Å². The summed E-state index contributed by atoms with van der Waals surface area (Å²) in [5.74, 6) is 1.01. The van der Waals surface area contributed by atoms with Gasteiger partial charge in [-0.25, -0.2) is 18.5 Å². The van der Waals surface area contributed by atoms with Crippen LogP contribution in [0.5, 0.6) is 0 Å². The van der Waals surface area contributed by atoms with Crippen LogP contribution in [-0.4, -0.2) is 48.9 Å². The summed E-state index contributed by atoms with van der Waals surface area (Å²) in [6.07, 6.45) is 7.78. The van der Waals surface area contributed by atoms with E-state index in [1.54, 1.807) is 10.6 Å². The maximum atomic E-state index is 14.0. The summed E-state index contributed by atoms with van der Waals surface area (Å²) in [6.45, 7) is 1.03. The number of fused-ring (bicyclic) bond motifs is 3. The number of hydrogen-bond acceptors (Lipinski definition) is 5. The van der Waals surface area contributed by atoms with E-state index in [0.29, 0.717) is 43.3 Å². The zero-order valence-electron chi connectivity index (χ0n) is 19.0. The fourth-order valence-electron chi connectivity index (χ4n) is 6.19. The summed E-state index contributed by atoms with van der Waals surface area (Å²) in [6, 6.07) is 7.83. The molecule has 0 saturated carbocycles. The molecule has 1 aromatic carbocycles. The smallest absolute Gasteiger partial charge is 0.353 e. The van der Waals surface area contributed by atoms with Gasteiger partial charge in [-0.2, -0.15) is 4.98 Å². The highest BCUT2D eigenvalue weighted by atomic mass is 19.1. The topological polar surface area (TPSA) is 80.4 Å². The van der Waals surface area contributed by atoms with Gasteiger partial charge in [0.25, 0.3) is 0 Å². The molecule has 3 aliphatic rings. The molecular weight excluding hydrogens is 423 g/mol. The molecule has 3 aliphatic heterocycles. The van der Waals surface area contributed by atoms with E-state index in [4.69, 9.17) is 0 Å². The number of aliphatic hydroxyl groups is 1. The van der Waals surface area contributed by atoms with Gasteiger partial charge < -0.3 is 5.11 Å². The van der Waals surface area contributed by atoms with Crippen LogP contribution in [0.2, 0.25) is 0 Å². The van der Waals surface area contributed by atoms with Gasteiger partial charge in [0.15, 0.2) is 0 Å². The summed E-state index contributed by atoms with van der Waals surface area (Å²) in [5.41, 5.74) is -0.112. The van der Waals surface area contributed by atoms with E-state index in [-0.39, 0.29) is 18.1 Å². The predicted octanol–water partition coefficient (Wildman–Crippen LogP) is 2.12. The number of hydrogen-bond donors (Lipinski definition) is 1. The number of nitrogens with zero attached hydrogens (tertiary/aromatic N) is 4. The molecule has 178 valence electrons. The Hall–Kier alpha value is -2.32. The molecule has 0 spiro atoms. The van der Waals surface area contributed by atoms with Crippen LogP contribution in [-0.2, 0) is 25.9 Å². The van der Waals surface area contributed by atoms with Crippen molar-refractivity contribution in [3.05, 3.63) is 62.4 Å². The van der Waals surface area contributed by atoms with Crippen LogP contribution in [0.4, 0.5) is 4.39 Å². The number of rotatable bonds is 7. The normalized spacial score (nSPS) is 25.7. The Morgan fingerprint density at radius 2 is 1.85 bits per heavy atom. The monoisotopic (exact) mass is 456 g/mol. The standard InChI is InChI=1S/C25H33FN4O3/c26-22-6-2-1-5-18(22)9-8-17-13-19-10-11-20(14-17)29(19)15-21(31)16-30-24(32)27-23-7-3-4-12-28(23)25(30)33/h1-2,5-6,17,19-21,31H,3-4,7-16H2. The minimum Gasteiger partial charge on any atom is -0.390 e. The van der Waals surface area contributed by atoms with Crippen LogP contribution in [0.1, 0.15) is 56.3 Å². The highest BCUT2D eigenvalue weighted by Crippen LogP contribution is 2.40. The van der Waals surface area contributed by atoms with Gasteiger partial charge in [-0.15, -0.1) is 0 Å². The minimum atomic E-state index is -0.794. The number of aromatic nitrogens is 3. The Morgan fingerprint density at radius 1 is 1.09 bits per heavy atom. The zero-order chi connectivity index (χ0) is 22.9.